The SMILES string of the molecule is CC/C=C\C/C=C\C/C=C\C/C=C\C/C=C\C/C=C\CCC(=O)OCC(COP(=O)(O)OCC(O)COP(=O)(O)OCC(COC(=O)CCCCCCCC/C=C\C/C=C\C/C=C\C/C=C\CC)OC(=O)CCCCCCC/C=C\C/C=C\CCC)OC(=O)CCCCCCCCC/C=C\C/C=C\C/C=C\CC. The fourth-order valence-electron chi connectivity index (χ4n) is 10.2. The Morgan fingerprint density at radius 3 is 0.796 bits per heavy atom. The average molecular weight is 1550 g/mol. The molecule has 0 aromatic heterocycles. The Balaban J connectivity index is 5.46. The van der Waals surface area contributed by atoms with Gasteiger partial charge in [0.05, 0.1) is 26.4 Å². The number of phosphoric ester groups is 2. The molecule has 0 fully saturated rings. The third-order valence-corrected chi connectivity index (χ3v) is 18.2. The van der Waals surface area contributed by atoms with Gasteiger partial charge in [0.2, 0.25) is 0 Å². The summed E-state index contributed by atoms with van der Waals surface area (Å²) in [5.74, 6) is -2.33. The molecular formula is C89H144O17P2. The van der Waals surface area contributed by atoms with E-state index in [4.69, 9.17) is 37.0 Å². The molecule has 5 atom stereocenters. The predicted octanol–water partition coefficient (Wildman–Crippen LogP) is 24.3. The maximum Gasteiger partial charge on any atom is 0.472 e. The molecule has 0 amide bonds. The molecule has 0 aromatic rings. The second kappa shape index (κ2) is 79.3. The minimum atomic E-state index is -5.01. The van der Waals surface area contributed by atoms with Gasteiger partial charge in [0.15, 0.2) is 12.2 Å². The second-order valence-electron chi connectivity index (χ2n) is 26.6. The number of hydrogen-bond donors (Lipinski definition) is 3. The smallest absolute Gasteiger partial charge is 0.462 e. The van der Waals surface area contributed by atoms with Crippen molar-refractivity contribution in [1.82, 2.24) is 0 Å². The van der Waals surface area contributed by atoms with Gasteiger partial charge in [0.25, 0.3) is 0 Å². The molecule has 0 saturated heterocycles. The zero-order chi connectivity index (χ0) is 78.9. The van der Waals surface area contributed by atoms with Gasteiger partial charge in [-0.1, -0.05) is 293 Å². The number of phosphoric acid groups is 2. The molecule has 0 heterocycles. The molecule has 17 nitrogen and oxygen atoms in total. The number of aliphatic hydroxyl groups is 1. The van der Waals surface area contributed by atoms with Gasteiger partial charge in [-0.05, 0) is 161 Å². The van der Waals surface area contributed by atoms with Crippen LogP contribution in [0.25, 0.3) is 0 Å². The Labute approximate surface area is 654 Å². The number of hydrogen-bond acceptors (Lipinski definition) is 15. The molecule has 0 aromatic carbocycles. The van der Waals surface area contributed by atoms with E-state index in [2.05, 4.69) is 192 Å². The summed E-state index contributed by atoms with van der Waals surface area (Å²) in [6.07, 6.45) is 95.9. The number of rotatable bonds is 75. The number of ether oxygens (including phenoxy) is 4. The van der Waals surface area contributed by atoms with E-state index >= 15 is 0 Å². The van der Waals surface area contributed by atoms with Crippen molar-refractivity contribution in [3.8, 4) is 0 Å². The maximum atomic E-state index is 13.1. The van der Waals surface area contributed by atoms with Crippen LogP contribution >= 0.6 is 15.6 Å². The van der Waals surface area contributed by atoms with Gasteiger partial charge in [-0.25, -0.2) is 9.13 Å². The van der Waals surface area contributed by atoms with Crippen molar-refractivity contribution in [2.24, 2.45) is 0 Å². The Morgan fingerprint density at radius 2 is 0.500 bits per heavy atom. The van der Waals surface area contributed by atoms with E-state index in [1.165, 1.54) is 0 Å². The highest BCUT2D eigenvalue weighted by molar-refractivity contribution is 7.47. The lowest BCUT2D eigenvalue weighted by atomic mass is 10.1. The van der Waals surface area contributed by atoms with Gasteiger partial charge in [0.1, 0.15) is 19.3 Å². The van der Waals surface area contributed by atoms with E-state index < -0.39 is 97.5 Å². The van der Waals surface area contributed by atoms with Crippen molar-refractivity contribution in [3.63, 3.8) is 0 Å². The van der Waals surface area contributed by atoms with Gasteiger partial charge in [-0.2, -0.15) is 0 Å². The lowest BCUT2D eigenvalue weighted by Crippen LogP contribution is -2.30. The summed E-state index contributed by atoms with van der Waals surface area (Å²) in [6.45, 7) is 4.34. The molecule has 108 heavy (non-hydrogen) atoms. The molecule has 3 N–H and O–H groups in total. The van der Waals surface area contributed by atoms with Crippen LogP contribution in [0.4, 0.5) is 0 Å². The molecule has 0 aliphatic carbocycles. The monoisotopic (exact) mass is 1550 g/mol. The van der Waals surface area contributed by atoms with E-state index in [1.807, 2.05) is 18.2 Å². The van der Waals surface area contributed by atoms with Crippen molar-refractivity contribution in [2.45, 2.75) is 316 Å². The van der Waals surface area contributed by atoms with E-state index in [0.29, 0.717) is 32.1 Å². The molecule has 0 saturated carbocycles. The summed E-state index contributed by atoms with van der Waals surface area (Å²) in [4.78, 5) is 73.1. The molecule has 0 aliphatic rings. The Bertz CT molecular complexity index is 2760. The van der Waals surface area contributed by atoms with Crippen molar-refractivity contribution in [3.05, 3.63) is 182 Å². The summed E-state index contributed by atoms with van der Waals surface area (Å²) >= 11 is 0. The minimum Gasteiger partial charge on any atom is -0.462 e. The van der Waals surface area contributed by atoms with Crippen LogP contribution in [-0.4, -0.2) is 96.7 Å². The molecule has 5 unspecified atom stereocenters. The van der Waals surface area contributed by atoms with Gasteiger partial charge < -0.3 is 33.8 Å². The number of unbranched alkanes of at least 4 members (excludes halogenated alkanes) is 19. The average Bonchev–Trinajstić information content (AvgIpc) is 0.886. The lowest BCUT2D eigenvalue weighted by Gasteiger charge is -2.21. The van der Waals surface area contributed by atoms with Crippen molar-refractivity contribution in [1.29, 1.82) is 0 Å². The summed E-state index contributed by atoms with van der Waals surface area (Å²) in [5, 5.41) is 10.7. The molecular weight excluding hydrogens is 1400 g/mol. The number of aliphatic hydroxyl groups excluding tert-OH is 1. The zero-order valence-corrected chi connectivity index (χ0v) is 68.7. The molecule has 19 heteroatoms. The largest absolute Gasteiger partial charge is 0.472 e. The summed E-state index contributed by atoms with van der Waals surface area (Å²) in [7, 11) is -10.0. The minimum absolute atomic E-state index is 0.0273. The van der Waals surface area contributed by atoms with E-state index in [0.717, 1.165) is 212 Å². The van der Waals surface area contributed by atoms with Gasteiger partial charge in [-0.15, -0.1) is 0 Å². The van der Waals surface area contributed by atoms with Gasteiger partial charge in [-0.3, -0.25) is 37.3 Å². The van der Waals surface area contributed by atoms with Crippen LogP contribution in [0, 0.1) is 0 Å². The molecule has 612 valence electrons. The Morgan fingerprint density at radius 1 is 0.269 bits per heavy atom. The number of allylic oxidation sites excluding steroid dienone is 30. The second-order valence-corrected chi connectivity index (χ2v) is 29.5. The predicted molar refractivity (Wildman–Crippen MR) is 445 cm³/mol. The first-order valence-corrected chi connectivity index (χ1v) is 44.0. The molecule has 0 aliphatic heterocycles. The highest BCUT2D eigenvalue weighted by atomic mass is 31.2. The molecule has 0 bridgehead atoms. The van der Waals surface area contributed by atoms with E-state index in [9.17, 15) is 43.2 Å². The summed E-state index contributed by atoms with van der Waals surface area (Å²) < 4.78 is 68.6. The van der Waals surface area contributed by atoms with Crippen LogP contribution in [-0.2, 0) is 65.4 Å². The normalized spacial score (nSPS) is 14.8. The third-order valence-electron chi connectivity index (χ3n) is 16.3. The number of carbonyl (C=O) groups is 4. The van der Waals surface area contributed by atoms with Gasteiger partial charge in [0, 0.05) is 25.7 Å². The first kappa shape index (κ1) is 102. The van der Waals surface area contributed by atoms with E-state index in [1.54, 1.807) is 0 Å². The Kier molecular flexibility index (Phi) is 75.0. The van der Waals surface area contributed by atoms with E-state index in [-0.39, 0.29) is 25.7 Å². The van der Waals surface area contributed by atoms with Crippen LogP contribution in [0.1, 0.15) is 297 Å². The molecule has 0 spiro atoms. The van der Waals surface area contributed by atoms with Crippen LogP contribution < -0.4 is 0 Å². The van der Waals surface area contributed by atoms with Gasteiger partial charge >= 0.3 is 39.5 Å². The summed E-state index contributed by atoms with van der Waals surface area (Å²) in [5.41, 5.74) is 0. The number of esters is 4. The topological polar surface area (TPSA) is 237 Å². The fourth-order valence-corrected chi connectivity index (χ4v) is 11.8. The fraction of sp³-hybridized carbons (Fsp3) is 0.618. The first-order chi connectivity index (χ1) is 52.7. The lowest BCUT2D eigenvalue weighted by molar-refractivity contribution is -0.161. The van der Waals surface area contributed by atoms with Crippen LogP contribution in [0.15, 0.2) is 182 Å². The standard InChI is InChI=1S/C89H144O17P2/c1-5-9-13-17-21-25-29-33-36-39-41-44-46-50-53-57-61-65-69-73-86(91)99-79-84(105-88(93)75-71-67-63-59-55-49-32-28-24-20-16-12-8-4)81-103-107(95,96)101-77-83(90)78-102-108(97,98)104-82-85(106-89(94)76-72-68-64-60-56-52-48-43-38-35-31-27-23-19-15-11-7-3)80-100-87(92)74-70-66-62-58-54-51-47-45-42-40-37-34-30-26-22-18-14-10-6-2/h9-11,13-16,20-23,25-28,32-38,41-42,44-45,51,54,62,66,83-85,90H,5-8,12,17-19,24,29-31,39-40,43,46-50,52-53,55-61,63-65,67-82H2,1-4H3,(H,95,96)(H,97,98)/b13-9-,14-10-,15-11-,20-16-,25-21-,26-22-,27-23-,32-28-,36-33-,37-34-,38-35-,44-41-,45-42-,54-51-,66-62-. The van der Waals surface area contributed by atoms with Crippen LogP contribution in [0.5, 0.6) is 0 Å². The highest BCUT2D eigenvalue weighted by Gasteiger charge is 2.30. The van der Waals surface area contributed by atoms with Crippen molar-refractivity contribution >= 4 is 39.5 Å². The maximum absolute atomic E-state index is 13.1. The quantitative estimate of drug-likeness (QED) is 0.0169. The third kappa shape index (κ3) is 78.3. The van der Waals surface area contributed by atoms with Crippen molar-refractivity contribution in [2.75, 3.05) is 39.6 Å². The zero-order valence-electron chi connectivity index (χ0n) is 66.9. The first-order valence-electron chi connectivity index (χ1n) is 41.0. The summed E-state index contributed by atoms with van der Waals surface area (Å²) in [6, 6.07) is 0. The number of carbonyl (C=O) groups excluding carboxylic acids is 4. The Hall–Kier alpha value is -5.84. The van der Waals surface area contributed by atoms with Crippen molar-refractivity contribution < 1.29 is 80.2 Å². The molecule has 0 radical (unpaired) electrons. The molecule has 0 rings (SSSR count). The highest BCUT2D eigenvalue weighted by Crippen LogP contribution is 2.45. The van der Waals surface area contributed by atoms with Crippen LogP contribution in [0.3, 0.4) is 0 Å². The van der Waals surface area contributed by atoms with Crippen LogP contribution in [0.2, 0.25) is 0 Å².